The number of ether oxygens (including phenoxy) is 1. The third-order valence-corrected chi connectivity index (χ3v) is 4.12. The molecule has 0 bridgehead atoms. The van der Waals surface area contributed by atoms with Crippen LogP contribution in [0.4, 0.5) is 5.69 Å². The summed E-state index contributed by atoms with van der Waals surface area (Å²) >= 11 is 1.58. The van der Waals surface area contributed by atoms with E-state index in [4.69, 9.17) is 16.2 Å². The number of esters is 2. The minimum absolute atomic E-state index is 0.279. The van der Waals surface area contributed by atoms with Gasteiger partial charge in [-0.1, -0.05) is 30.3 Å². The van der Waals surface area contributed by atoms with Gasteiger partial charge in [0.15, 0.2) is 0 Å². The van der Waals surface area contributed by atoms with Gasteiger partial charge in [-0.15, -0.1) is 0 Å². The van der Waals surface area contributed by atoms with Crippen molar-refractivity contribution in [3.8, 4) is 11.1 Å². The minimum atomic E-state index is -0.810. The fourth-order valence-electron chi connectivity index (χ4n) is 2.18. The molecule has 6 heteroatoms. The molecule has 0 saturated carbocycles. The lowest BCUT2D eigenvalue weighted by molar-refractivity contribution is -0.139. The second kappa shape index (κ2) is 8.52. The molecule has 5 nitrogen and oxygen atoms in total. The molecule has 0 aliphatic heterocycles. The molecule has 0 radical (unpaired) electrons. The molecule has 126 valence electrons. The summed E-state index contributed by atoms with van der Waals surface area (Å²) in [5, 5.41) is 0. The van der Waals surface area contributed by atoms with Crippen molar-refractivity contribution in [2.75, 3.05) is 17.7 Å². The van der Waals surface area contributed by atoms with E-state index in [1.807, 2.05) is 36.6 Å². The van der Waals surface area contributed by atoms with E-state index in [1.54, 1.807) is 30.0 Å². The molecule has 0 aliphatic carbocycles. The van der Waals surface area contributed by atoms with E-state index in [2.05, 4.69) is 0 Å². The van der Waals surface area contributed by atoms with Crippen molar-refractivity contribution in [2.24, 2.45) is 5.73 Å². The normalized spacial score (nSPS) is 11.8. The first kappa shape index (κ1) is 18.0. The highest BCUT2D eigenvalue weighted by Crippen LogP contribution is 2.26. The second-order valence-corrected chi connectivity index (χ2v) is 6.25. The van der Waals surface area contributed by atoms with E-state index in [0.717, 1.165) is 11.3 Å². The van der Waals surface area contributed by atoms with Crippen LogP contribution in [0.15, 0.2) is 48.5 Å². The summed E-state index contributed by atoms with van der Waals surface area (Å²) in [6, 6.07) is 13.3. The van der Waals surface area contributed by atoms with E-state index >= 15 is 0 Å². The molecule has 0 aliphatic rings. The van der Waals surface area contributed by atoms with Gasteiger partial charge >= 0.3 is 11.9 Å². The number of nitrogens with two attached hydrogens (primary N) is 2. The van der Waals surface area contributed by atoms with E-state index < -0.39 is 18.0 Å². The maximum absolute atomic E-state index is 12.4. The summed E-state index contributed by atoms with van der Waals surface area (Å²) in [6.45, 7) is 0. The predicted octanol–water partition coefficient (Wildman–Crippen LogP) is 2.70. The third-order valence-electron chi connectivity index (χ3n) is 3.48. The lowest BCUT2D eigenvalue weighted by Crippen LogP contribution is -2.34. The minimum Gasteiger partial charge on any atom is -0.399 e. The van der Waals surface area contributed by atoms with Crippen LogP contribution in [-0.2, 0) is 9.53 Å². The Kier molecular flexibility index (Phi) is 6.40. The predicted molar refractivity (Wildman–Crippen MR) is 97.7 cm³/mol. The number of hydrogen-bond acceptors (Lipinski definition) is 6. The van der Waals surface area contributed by atoms with Gasteiger partial charge in [0.25, 0.3) is 0 Å². The molecule has 0 heterocycles. The number of thioether (sulfide) groups is 1. The van der Waals surface area contributed by atoms with E-state index in [-0.39, 0.29) is 5.56 Å². The molecule has 0 spiro atoms. The Morgan fingerprint density at radius 3 is 2.54 bits per heavy atom. The first-order valence-electron chi connectivity index (χ1n) is 7.48. The van der Waals surface area contributed by atoms with Crippen molar-refractivity contribution in [1.82, 2.24) is 0 Å². The summed E-state index contributed by atoms with van der Waals surface area (Å²) < 4.78 is 4.94. The molecule has 0 fully saturated rings. The molecule has 0 amide bonds. The molecule has 0 saturated heterocycles. The van der Waals surface area contributed by atoms with Gasteiger partial charge in [-0.25, -0.2) is 9.59 Å². The van der Waals surface area contributed by atoms with Crippen LogP contribution >= 0.6 is 11.8 Å². The van der Waals surface area contributed by atoms with Gasteiger partial charge in [0.05, 0.1) is 5.56 Å². The lowest BCUT2D eigenvalue weighted by Gasteiger charge is -2.12. The van der Waals surface area contributed by atoms with Crippen molar-refractivity contribution < 1.29 is 14.3 Å². The van der Waals surface area contributed by atoms with Crippen molar-refractivity contribution in [3.63, 3.8) is 0 Å². The molecular formula is C18H20N2O3S. The Hall–Kier alpha value is -2.31. The Labute approximate surface area is 145 Å². The molecule has 0 aromatic heterocycles. The zero-order valence-electron chi connectivity index (χ0n) is 13.4. The standard InChI is InChI=1S/C18H20N2O3S/c1-24-10-9-16(20)18(22)23-17(21)14-8-7-13(19)11-15(14)12-5-3-2-4-6-12/h2-8,11,16H,9-10,19-20H2,1H3/t16-/m0/s1. The second-order valence-electron chi connectivity index (χ2n) is 5.27. The first-order valence-corrected chi connectivity index (χ1v) is 8.87. The van der Waals surface area contributed by atoms with E-state index in [9.17, 15) is 9.59 Å². The maximum Gasteiger partial charge on any atom is 0.346 e. The monoisotopic (exact) mass is 344 g/mol. The van der Waals surface area contributed by atoms with E-state index in [1.165, 1.54) is 0 Å². The van der Waals surface area contributed by atoms with Gasteiger partial charge in [0, 0.05) is 5.69 Å². The van der Waals surface area contributed by atoms with Crippen LogP contribution < -0.4 is 11.5 Å². The fourth-order valence-corrected chi connectivity index (χ4v) is 2.67. The lowest BCUT2D eigenvalue weighted by atomic mass is 9.99. The molecule has 0 unspecified atom stereocenters. The fraction of sp³-hybridized carbons (Fsp3) is 0.222. The summed E-state index contributed by atoms with van der Waals surface area (Å²) in [5.41, 5.74) is 13.8. The number of carbonyl (C=O) groups is 2. The van der Waals surface area contributed by atoms with Crippen LogP contribution in [-0.4, -0.2) is 30.0 Å². The van der Waals surface area contributed by atoms with Crippen LogP contribution in [0.5, 0.6) is 0 Å². The smallest absolute Gasteiger partial charge is 0.346 e. The molecule has 2 aromatic rings. The number of carbonyl (C=O) groups excluding carboxylic acids is 2. The van der Waals surface area contributed by atoms with E-state index in [0.29, 0.717) is 17.7 Å². The number of benzene rings is 2. The van der Waals surface area contributed by atoms with Crippen LogP contribution in [0.1, 0.15) is 16.8 Å². The molecule has 4 N–H and O–H groups in total. The summed E-state index contributed by atoms with van der Waals surface area (Å²) in [6.07, 6.45) is 2.38. The Morgan fingerprint density at radius 1 is 1.17 bits per heavy atom. The van der Waals surface area contributed by atoms with Gasteiger partial charge in [0.1, 0.15) is 6.04 Å². The third kappa shape index (κ3) is 4.59. The molecule has 1 atom stereocenters. The van der Waals surface area contributed by atoms with Crippen LogP contribution in [0.25, 0.3) is 11.1 Å². The number of hydrogen-bond donors (Lipinski definition) is 2. The zero-order chi connectivity index (χ0) is 17.5. The Morgan fingerprint density at radius 2 is 1.88 bits per heavy atom. The number of rotatable bonds is 6. The zero-order valence-corrected chi connectivity index (χ0v) is 14.2. The van der Waals surface area contributed by atoms with Crippen molar-refractivity contribution in [1.29, 1.82) is 0 Å². The van der Waals surface area contributed by atoms with Crippen molar-refractivity contribution in [2.45, 2.75) is 12.5 Å². The van der Waals surface area contributed by atoms with Crippen molar-refractivity contribution >= 4 is 29.4 Å². The SMILES string of the molecule is CSCC[C@H](N)C(=O)OC(=O)c1ccc(N)cc1-c1ccccc1. The summed E-state index contributed by atoms with van der Waals surface area (Å²) in [7, 11) is 0. The van der Waals surface area contributed by atoms with Gasteiger partial charge in [-0.05, 0) is 47.8 Å². The highest BCUT2D eigenvalue weighted by Gasteiger charge is 2.22. The number of nitrogen functional groups attached to an aromatic ring is 1. The Balaban J connectivity index is 2.22. The van der Waals surface area contributed by atoms with Gasteiger partial charge in [-0.3, -0.25) is 0 Å². The molecule has 2 rings (SSSR count). The highest BCUT2D eigenvalue weighted by molar-refractivity contribution is 7.98. The van der Waals surface area contributed by atoms with Gasteiger partial charge < -0.3 is 16.2 Å². The average Bonchev–Trinajstić information content (AvgIpc) is 2.60. The molecular weight excluding hydrogens is 324 g/mol. The number of anilines is 1. The van der Waals surface area contributed by atoms with Crippen molar-refractivity contribution in [3.05, 3.63) is 54.1 Å². The van der Waals surface area contributed by atoms with Gasteiger partial charge in [0.2, 0.25) is 0 Å². The molecule has 24 heavy (non-hydrogen) atoms. The van der Waals surface area contributed by atoms with Crippen LogP contribution in [0, 0.1) is 0 Å². The maximum atomic E-state index is 12.4. The summed E-state index contributed by atoms with van der Waals surface area (Å²) in [4.78, 5) is 24.3. The summed E-state index contributed by atoms with van der Waals surface area (Å²) in [5.74, 6) is -0.718. The van der Waals surface area contributed by atoms with Gasteiger partial charge in [-0.2, -0.15) is 11.8 Å². The Bertz CT molecular complexity index is 719. The topological polar surface area (TPSA) is 95.4 Å². The van der Waals surface area contributed by atoms with Crippen LogP contribution in [0.2, 0.25) is 0 Å². The quantitative estimate of drug-likeness (QED) is 0.475. The molecule has 2 aromatic carbocycles. The average molecular weight is 344 g/mol. The highest BCUT2D eigenvalue weighted by atomic mass is 32.2. The first-order chi connectivity index (χ1) is 11.5. The largest absolute Gasteiger partial charge is 0.399 e. The van der Waals surface area contributed by atoms with Crippen LogP contribution in [0.3, 0.4) is 0 Å².